The Morgan fingerprint density at radius 1 is 1.30 bits per heavy atom. The Morgan fingerprint density at radius 2 is 2.10 bits per heavy atom. The lowest BCUT2D eigenvalue weighted by atomic mass is 9.99. The van der Waals surface area contributed by atoms with Crippen LogP contribution in [0.3, 0.4) is 0 Å². The lowest BCUT2D eigenvalue weighted by molar-refractivity contribution is -0.120. The zero-order chi connectivity index (χ0) is 21.1. The SMILES string of the molecule is CS(N)(=O)=CCCn1c(CN2C(=O)C3(CC3)c3ccncc32)cc2cc(Cl)ccc21. The molecule has 1 aromatic carbocycles. The second kappa shape index (κ2) is 6.83. The number of amides is 1. The zero-order valence-corrected chi connectivity index (χ0v) is 18.2. The predicted molar refractivity (Wildman–Crippen MR) is 122 cm³/mol. The molecule has 6 nitrogen and oxygen atoms in total. The highest BCUT2D eigenvalue weighted by atomic mass is 35.5. The molecule has 1 fully saturated rings. The minimum absolute atomic E-state index is 0.158. The summed E-state index contributed by atoms with van der Waals surface area (Å²) in [6, 6.07) is 9.82. The molecule has 30 heavy (non-hydrogen) atoms. The molecule has 1 atom stereocenters. The van der Waals surface area contributed by atoms with Gasteiger partial charge in [0.2, 0.25) is 5.91 Å². The van der Waals surface area contributed by atoms with Crippen LogP contribution >= 0.6 is 11.6 Å². The molecular formula is C22H23ClN4O2S. The van der Waals surface area contributed by atoms with Gasteiger partial charge in [-0.05, 0) is 60.5 Å². The van der Waals surface area contributed by atoms with Crippen LogP contribution in [0.4, 0.5) is 5.69 Å². The van der Waals surface area contributed by atoms with Crippen molar-refractivity contribution < 1.29 is 9.00 Å². The molecule has 156 valence electrons. The van der Waals surface area contributed by atoms with Crippen LogP contribution in [0, 0.1) is 0 Å². The van der Waals surface area contributed by atoms with E-state index in [0.717, 1.165) is 40.7 Å². The van der Waals surface area contributed by atoms with Gasteiger partial charge in [0.15, 0.2) is 0 Å². The van der Waals surface area contributed by atoms with Crippen molar-refractivity contribution in [2.45, 2.75) is 37.8 Å². The second-order valence-corrected chi connectivity index (χ2v) is 11.0. The minimum atomic E-state index is -2.41. The number of hydrogen-bond donors (Lipinski definition) is 1. The van der Waals surface area contributed by atoms with E-state index < -0.39 is 9.71 Å². The van der Waals surface area contributed by atoms with Gasteiger partial charge in [-0.1, -0.05) is 11.6 Å². The number of pyridine rings is 1. The number of carbonyl (C=O) groups is 1. The summed E-state index contributed by atoms with van der Waals surface area (Å²) in [7, 11) is -2.41. The Kier molecular flexibility index (Phi) is 4.47. The van der Waals surface area contributed by atoms with E-state index >= 15 is 0 Å². The highest BCUT2D eigenvalue weighted by molar-refractivity contribution is 7.98. The van der Waals surface area contributed by atoms with Crippen molar-refractivity contribution >= 4 is 49.2 Å². The van der Waals surface area contributed by atoms with Gasteiger partial charge in [0.1, 0.15) is 0 Å². The molecule has 1 spiro atoms. The lowest BCUT2D eigenvalue weighted by Gasteiger charge is -2.19. The Morgan fingerprint density at radius 3 is 2.83 bits per heavy atom. The molecule has 3 aromatic rings. The summed E-state index contributed by atoms with van der Waals surface area (Å²) in [4.78, 5) is 19.4. The number of carbonyl (C=O) groups excluding carboxylic acids is 1. The number of fused-ring (bicyclic) bond motifs is 3. The molecule has 1 unspecified atom stereocenters. The molecule has 2 N–H and O–H groups in total. The van der Waals surface area contributed by atoms with Crippen molar-refractivity contribution in [2.75, 3.05) is 11.2 Å². The van der Waals surface area contributed by atoms with Crippen LogP contribution in [0.25, 0.3) is 10.9 Å². The Balaban J connectivity index is 1.55. The largest absolute Gasteiger partial charge is 0.343 e. The maximum absolute atomic E-state index is 13.3. The van der Waals surface area contributed by atoms with E-state index in [1.54, 1.807) is 17.8 Å². The third-order valence-corrected chi connectivity index (χ3v) is 7.21. The average molecular weight is 443 g/mol. The van der Waals surface area contributed by atoms with E-state index in [2.05, 4.69) is 15.6 Å². The minimum Gasteiger partial charge on any atom is -0.343 e. The van der Waals surface area contributed by atoms with Crippen LogP contribution < -0.4 is 10.0 Å². The van der Waals surface area contributed by atoms with Gasteiger partial charge in [-0.25, -0.2) is 0 Å². The third kappa shape index (κ3) is 3.21. The quantitative estimate of drug-likeness (QED) is 0.616. The molecule has 3 heterocycles. The molecule has 0 radical (unpaired) electrons. The molecule has 1 saturated carbocycles. The Hall–Kier alpha value is -2.35. The molecular weight excluding hydrogens is 420 g/mol. The van der Waals surface area contributed by atoms with Crippen LogP contribution in [-0.2, 0) is 33.0 Å². The van der Waals surface area contributed by atoms with Crippen LogP contribution in [0.1, 0.15) is 30.5 Å². The third-order valence-electron chi connectivity index (χ3n) is 6.08. The number of halogens is 1. The number of hydrogen-bond acceptors (Lipinski definition) is 3. The molecule has 0 bridgehead atoms. The lowest BCUT2D eigenvalue weighted by Crippen LogP contribution is -2.32. The molecule has 2 aromatic heterocycles. The number of aryl methyl sites for hydroxylation is 1. The van der Waals surface area contributed by atoms with Gasteiger partial charge >= 0.3 is 0 Å². The summed E-state index contributed by atoms with van der Waals surface area (Å²) in [5.74, 6) is 0.158. The molecule has 2 aliphatic rings. The highest BCUT2D eigenvalue weighted by Gasteiger charge is 2.59. The van der Waals surface area contributed by atoms with E-state index in [1.165, 1.54) is 6.26 Å². The zero-order valence-electron chi connectivity index (χ0n) is 16.7. The van der Waals surface area contributed by atoms with Crippen molar-refractivity contribution in [1.29, 1.82) is 0 Å². The Bertz CT molecular complexity index is 1290. The first kappa shape index (κ1) is 19.6. The van der Waals surface area contributed by atoms with E-state index in [4.69, 9.17) is 16.7 Å². The van der Waals surface area contributed by atoms with E-state index in [1.807, 2.05) is 29.2 Å². The highest BCUT2D eigenvalue weighted by Crippen LogP contribution is 2.57. The molecule has 1 aliphatic carbocycles. The van der Waals surface area contributed by atoms with Crippen LogP contribution in [0.15, 0.2) is 42.7 Å². The average Bonchev–Trinajstić information content (AvgIpc) is 3.38. The van der Waals surface area contributed by atoms with Gasteiger partial charge in [-0.15, -0.1) is 0 Å². The van der Waals surface area contributed by atoms with Crippen molar-refractivity contribution in [3.63, 3.8) is 0 Å². The van der Waals surface area contributed by atoms with Gasteiger partial charge in [0.05, 0.1) is 23.8 Å². The second-order valence-electron chi connectivity index (χ2n) is 8.28. The number of nitrogens with two attached hydrogens (primary N) is 1. The first-order chi connectivity index (χ1) is 14.3. The smallest absolute Gasteiger partial charge is 0.238 e. The van der Waals surface area contributed by atoms with E-state index in [0.29, 0.717) is 24.5 Å². The van der Waals surface area contributed by atoms with Crippen molar-refractivity contribution in [1.82, 2.24) is 9.55 Å². The summed E-state index contributed by atoms with van der Waals surface area (Å²) >= 11 is 6.21. The molecule has 1 aliphatic heterocycles. The Labute approximate surface area is 180 Å². The van der Waals surface area contributed by atoms with Gasteiger partial charge in [-0.3, -0.25) is 19.1 Å². The number of nitrogens with zero attached hydrogens (tertiary/aromatic N) is 3. The van der Waals surface area contributed by atoms with E-state index in [-0.39, 0.29) is 11.3 Å². The normalized spacial score (nSPS) is 18.6. The predicted octanol–water partition coefficient (Wildman–Crippen LogP) is 3.25. The fourth-order valence-electron chi connectivity index (χ4n) is 4.53. The summed E-state index contributed by atoms with van der Waals surface area (Å²) in [6.45, 7) is 1.07. The molecule has 0 saturated heterocycles. The fraction of sp³-hybridized carbons (Fsp3) is 0.318. The number of rotatable bonds is 5. The van der Waals surface area contributed by atoms with Gasteiger partial charge in [-0.2, -0.15) is 0 Å². The van der Waals surface area contributed by atoms with Crippen molar-refractivity contribution in [2.24, 2.45) is 5.14 Å². The fourth-order valence-corrected chi connectivity index (χ4v) is 5.28. The summed E-state index contributed by atoms with van der Waals surface area (Å²) in [5.41, 5.74) is 3.68. The maximum atomic E-state index is 13.3. The first-order valence-electron chi connectivity index (χ1n) is 9.93. The van der Waals surface area contributed by atoms with Gasteiger partial charge in [0.25, 0.3) is 0 Å². The van der Waals surface area contributed by atoms with Crippen molar-refractivity contribution in [3.05, 3.63) is 59.0 Å². The van der Waals surface area contributed by atoms with Gasteiger partial charge in [0, 0.05) is 50.3 Å². The maximum Gasteiger partial charge on any atom is 0.238 e. The van der Waals surface area contributed by atoms with Crippen LogP contribution in [0.2, 0.25) is 5.02 Å². The summed E-state index contributed by atoms with van der Waals surface area (Å²) in [5, 5.41) is 9.02. The monoisotopic (exact) mass is 442 g/mol. The summed E-state index contributed by atoms with van der Waals surface area (Å²) in [6.07, 6.45) is 7.45. The van der Waals surface area contributed by atoms with E-state index in [9.17, 15) is 9.00 Å². The number of aromatic nitrogens is 2. The number of anilines is 1. The topological polar surface area (TPSA) is 81.2 Å². The van der Waals surface area contributed by atoms with Crippen molar-refractivity contribution in [3.8, 4) is 0 Å². The van der Waals surface area contributed by atoms with Gasteiger partial charge < -0.3 is 9.47 Å². The molecule has 1 amide bonds. The van der Waals surface area contributed by atoms with Crippen LogP contribution in [0.5, 0.6) is 0 Å². The summed E-state index contributed by atoms with van der Waals surface area (Å²) < 4.78 is 14.0. The number of benzene rings is 1. The first-order valence-corrected chi connectivity index (χ1v) is 12.4. The molecule has 8 heteroatoms. The van der Waals surface area contributed by atoms with Crippen LogP contribution in [-0.4, -0.2) is 31.3 Å². The molecule has 5 rings (SSSR count). The standard InChI is InChI=1S/C22H23ClN4O2S/c1-30(24,29)10-2-9-26-17(12-15-11-16(23)3-4-19(15)26)14-27-20-13-25-8-5-18(20)22(6-7-22)21(27)28/h3-5,8,10-13H,2,6-7,9,14H2,1H3,(H2,24,29).